The molecule has 3 aromatic heterocycles. The first-order valence-corrected chi connectivity index (χ1v) is 9.48. The molecule has 0 fully saturated rings. The highest BCUT2D eigenvalue weighted by atomic mass is 16.5. The van der Waals surface area contributed by atoms with Crippen LogP contribution in [0.15, 0.2) is 59.3 Å². The largest absolute Gasteiger partial charge is 0.380 e. The quantitative estimate of drug-likeness (QED) is 0.556. The van der Waals surface area contributed by atoms with E-state index < -0.39 is 5.60 Å². The molecule has 0 aliphatic carbocycles. The summed E-state index contributed by atoms with van der Waals surface area (Å²) >= 11 is 0. The second-order valence-corrected chi connectivity index (χ2v) is 7.45. The van der Waals surface area contributed by atoms with Crippen molar-refractivity contribution in [1.29, 1.82) is 0 Å². The maximum Gasteiger partial charge on any atom is 0.259 e. The molecule has 3 heterocycles. The summed E-state index contributed by atoms with van der Waals surface area (Å²) in [5, 5.41) is 19.6. The van der Waals surface area contributed by atoms with E-state index in [0.717, 1.165) is 17.0 Å². The molecule has 0 unspecified atom stereocenters. The molecule has 0 spiro atoms. The van der Waals surface area contributed by atoms with Crippen LogP contribution in [0, 0.1) is 13.8 Å². The second-order valence-electron chi connectivity index (χ2n) is 7.45. The van der Waals surface area contributed by atoms with Gasteiger partial charge in [-0.2, -0.15) is 10.1 Å². The molecule has 4 aromatic rings. The predicted molar refractivity (Wildman–Crippen MR) is 109 cm³/mol. The average Bonchev–Trinajstić information content (AvgIpc) is 3.35. The lowest BCUT2D eigenvalue weighted by molar-refractivity contribution is 0.000604. The Bertz CT molecular complexity index is 1110. The van der Waals surface area contributed by atoms with E-state index in [0.29, 0.717) is 17.2 Å². The van der Waals surface area contributed by atoms with Gasteiger partial charge in [0.15, 0.2) is 5.82 Å². The summed E-state index contributed by atoms with van der Waals surface area (Å²) in [6, 6.07) is 15.5. The molecule has 148 valence electrons. The molecule has 7 heteroatoms. The van der Waals surface area contributed by atoms with Crippen LogP contribution in [0.25, 0.3) is 17.2 Å². The SMILES string of the molecule is Cc1cc(C)n(-c2ccc(-c3noc([C@](C)(O)[C@@H](C)c4ccccc4)n3)cn2)n1. The van der Waals surface area contributed by atoms with Crippen LogP contribution in [-0.2, 0) is 5.60 Å². The Hall–Kier alpha value is -3.32. The van der Waals surface area contributed by atoms with Crippen LogP contribution in [0.1, 0.15) is 42.6 Å². The zero-order chi connectivity index (χ0) is 20.6. The molecule has 4 rings (SSSR count). The van der Waals surface area contributed by atoms with Gasteiger partial charge in [-0.15, -0.1) is 0 Å². The van der Waals surface area contributed by atoms with Crippen molar-refractivity contribution in [1.82, 2.24) is 24.9 Å². The van der Waals surface area contributed by atoms with Crippen molar-refractivity contribution in [3.63, 3.8) is 0 Å². The first kappa shape index (κ1) is 19.0. The summed E-state index contributed by atoms with van der Waals surface area (Å²) < 4.78 is 7.19. The van der Waals surface area contributed by atoms with E-state index in [1.807, 2.05) is 69.3 Å². The van der Waals surface area contributed by atoms with Gasteiger partial charge in [0.1, 0.15) is 5.60 Å². The summed E-state index contributed by atoms with van der Waals surface area (Å²) in [5.41, 5.74) is 2.34. The van der Waals surface area contributed by atoms with Gasteiger partial charge in [-0.3, -0.25) is 0 Å². The Morgan fingerprint density at radius 2 is 1.86 bits per heavy atom. The van der Waals surface area contributed by atoms with Crippen LogP contribution in [0.4, 0.5) is 0 Å². The first-order valence-electron chi connectivity index (χ1n) is 9.48. The van der Waals surface area contributed by atoms with Crippen LogP contribution in [0.3, 0.4) is 0 Å². The Balaban J connectivity index is 1.59. The van der Waals surface area contributed by atoms with E-state index in [4.69, 9.17) is 4.52 Å². The summed E-state index contributed by atoms with van der Waals surface area (Å²) in [6.07, 6.45) is 1.68. The lowest BCUT2D eigenvalue weighted by Gasteiger charge is -2.26. The molecule has 29 heavy (non-hydrogen) atoms. The number of hydrogen-bond acceptors (Lipinski definition) is 6. The van der Waals surface area contributed by atoms with Gasteiger partial charge < -0.3 is 9.63 Å². The standard InChI is InChI=1S/C22H23N5O2/c1-14-12-15(2)27(25-14)19-11-10-18(13-23-19)20-24-21(29-26-20)22(4,28)16(3)17-8-6-5-7-9-17/h5-13,16,28H,1-4H3/t16-,22+/m0/s1. The van der Waals surface area contributed by atoms with Crippen LogP contribution < -0.4 is 0 Å². The number of rotatable bonds is 5. The molecule has 0 bridgehead atoms. The minimum absolute atomic E-state index is 0.173. The van der Waals surface area contributed by atoms with Crippen molar-refractivity contribution in [3.8, 4) is 17.2 Å². The number of benzene rings is 1. The van der Waals surface area contributed by atoms with Crippen LogP contribution in [0.2, 0.25) is 0 Å². The second kappa shape index (κ2) is 7.25. The van der Waals surface area contributed by atoms with E-state index in [9.17, 15) is 5.11 Å². The van der Waals surface area contributed by atoms with E-state index in [-0.39, 0.29) is 11.8 Å². The highest BCUT2D eigenvalue weighted by molar-refractivity contribution is 5.54. The third-order valence-corrected chi connectivity index (χ3v) is 5.23. The monoisotopic (exact) mass is 389 g/mol. The van der Waals surface area contributed by atoms with Crippen molar-refractivity contribution in [2.45, 2.75) is 39.2 Å². The zero-order valence-corrected chi connectivity index (χ0v) is 16.9. The minimum Gasteiger partial charge on any atom is -0.380 e. The molecule has 0 saturated carbocycles. The van der Waals surface area contributed by atoms with Crippen LogP contribution >= 0.6 is 0 Å². The molecular weight excluding hydrogens is 366 g/mol. The third kappa shape index (κ3) is 3.56. The van der Waals surface area contributed by atoms with Crippen molar-refractivity contribution in [3.05, 3.63) is 77.6 Å². The van der Waals surface area contributed by atoms with Gasteiger partial charge in [-0.05, 0) is 44.5 Å². The predicted octanol–water partition coefficient (Wildman–Crippen LogP) is 3.95. The Kier molecular flexibility index (Phi) is 4.76. The summed E-state index contributed by atoms with van der Waals surface area (Å²) in [7, 11) is 0. The number of hydrogen-bond donors (Lipinski definition) is 1. The maximum atomic E-state index is 11.1. The Morgan fingerprint density at radius 3 is 2.48 bits per heavy atom. The highest BCUT2D eigenvalue weighted by Gasteiger charge is 2.37. The van der Waals surface area contributed by atoms with Crippen molar-refractivity contribution in [2.24, 2.45) is 0 Å². The zero-order valence-electron chi connectivity index (χ0n) is 16.9. The summed E-state index contributed by atoms with van der Waals surface area (Å²) in [5.74, 6) is 1.05. The third-order valence-electron chi connectivity index (χ3n) is 5.23. The van der Waals surface area contributed by atoms with Crippen molar-refractivity contribution >= 4 is 0 Å². The molecule has 0 saturated heterocycles. The fraction of sp³-hybridized carbons (Fsp3) is 0.273. The lowest BCUT2D eigenvalue weighted by Crippen LogP contribution is -2.28. The fourth-order valence-corrected chi connectivity index (χ4v) is 3.30. The van der Waals surface area contributed by atoms with E-state index >= 15 is 0 Å². The summed E-state index contributed by atoms with van der Waals surface area (Å²) in [4.78, 5) is 8.90. The number of aryl methyl sites for hydroxylation is 2. The molecular formula is C22H23N5O2. The van der Waals surface area contributed by atoms with Gasteiger partial charge in [-0.25, -0.2) is 9.67 Å². The smallest absolute Gasteiger partial charge is 0.259 e. The fourth-order valence-electron chi connectivity index (χ4n) is 3.30. The Morgan fingerprint density at radius 1 is 1.10 bits per heavy atom. The van der Waals surface area contributed by atoms with Gasteiger partial charge in [0.2, 0.25) is 5.82 Å². The van der Waals surface area contributed by atoms with Gasteiger partial charge in [-0.1, -0.05) is 42.4 Å². The maximum absolute atomic E-state index is 11.1. The minimum atomic E-state index is -1.30. The number of nitrogens with zero attached hydrogens (tertiary/aromatic N) is 5. The van der Waals surface area contributed by atoms with E-state index in [1.54, 1.807) is 17.8 Å². The van der Waals surface area contributed by atoms with Crippen molar-refractivity contribution < 1.29 is 9.63 Å². The van der Waals surface area contributed by atoms with E-state index in [1.165, 1.54) is 0 Å². The van der Waals surface area contributed by atoms with Crippen LogP contribution in [0.5, 0.6) is 0 Å². The van der Waals surface area contributed by atoms with Crippen molar-refractivity contribution in [2.75, 3.05) is 0 Å². The van der Waals surface area contributed by atoms with Gasteiger partial charge in [0.25, 0.3) is 5.89 Å². The van der Waals surface area contributed by atoms with Gasteiger partial charge >= 0.3 is 0 Å². The molecule has 0 aliphatic rings. The number of pyridine rings is 1. The average molecular weight is 389 g/mol. The topological polar surface area (TPSA) is 89.9 Å². The molecule has 0 radical (unpaired) electrons. The van der Waals surface area contributed by atoms with Crippen LogP contribution in [-0.4, -0.2) is 30.0 Å². The summed E-state index contributed by atoms with van der Waals surface area (Å²) in [6.45, 7) is 7.55. The first-order chi connectivity index (χ1) is 13.9. The van der Waals surface area contributed by atoms with Gasteiger partial charge in [0, 0.05) is 23.4 Å². The normalized spacial score (nSPS) is 14.5. The molecule has 7 nitrogen and oxygen atoms in total. The Labute approximate surface area is 169 Å². The molecule has 1 aromatic carbocycles. The molecule has 2 atom stereocenters. The lowest BCUT2D eigenvalue weighted by atomic mass is 9.85. The van der Waals surface area contributed by atoms with Gasteiger partial charge in [0.05, 0.1) is 5.69 Å². The molecule has 1 N–H and O–H groups in total. The number of aromatic nitrogens is 5. The molecule has 0 aliphatic heterocycles. The number of aliphatic hydroxyl groups is 1. The molecule has 0 amide bonds. The highest BCUT2D eigenvalue weighted by Crippen LogP contribution is 2.36. The van der Waals surface area contributed by atoms with E-state index in [2.05, 4.69) is 20.2 Å².